The summed E-state index contributed by atoms with van der Waals surface area (Å²) in [6, 6.07) is 0. The van der Waals surface area contributed by atoms with Crippen molar-refractivity contribution in [2.75, 3.05) is 19.6 Å². The maximum Gasteiger partial charge on any atom is 0.204 e. The summed E-state index contributed by atoms with van der Waals surface area (Å²) in [5, 5.41) is 0. The minimum absolute atomic E-state index is 0.552. The largest absolute Gasteiger partial charge is 0.234 e. The zero-order valence-electron chi connectivity index (χ0n) is 5.88. The van der Waals surface area contributed by atoms with Gasteiger partial charge in [0.25, 0.3) is 0 Å². The first-order valence-corrected chi connectivity index (χ1v) is 3.43. The molecule has 0 saturated carbocycles. The van der Waals surface area contributed by atoms with E-state index in [1.807, 2.05) is 6.34 Å². The van der Waals surface area contributed by atoms with Crippen molar-refractivity contribution in [3.8, 4) is 0 Å². The fourth-order valence-corrected chi connectivity index (χ4v) is 1.11. The molecule has 0 fully saturated rings. The lowest BCUT2D eigenvalue weighted by atomic mass is 10.4. The molecule has 0 saturated heterocycles. The minimum Gasteiger partial charge on any atom is -0.234 e. The Kier molecular flexibility index (Phi) is 1.83. The van der Waals surface area contributed by atoms with Gasteiger partial charge >= 0.3 is 0 Å². The number of nitrogens with two attached hydrogens (primary N) is 1. The van der Waals surface area contributed by atoms with Crippen LogP contribution in [0.5, 0.6) is 0 Å². The molecule has 52 valence electrons. The number of hydrogen-bond donors (Lipinski definition) is 1. The summed E-state index contributed by atoms with van der Waals surface area (Å²) in [6.07, 6.45) is 2.98. The first kappa shape index (κ1) is 6.71. The Hall–Kier alpha value is -0.410. The molecule has 0 aromatic heterocycles. The molecule has 1 rings (SSSR count). The van der Waals surface area contributed by atoms with Crippen molar-refractivity contribution in [3.63, 3.8) is 0 Å². The van der Waals surface area contributed by atoms with Gasteiger partial charge in [0.2, 0.25) is 6.34 Å². The van der Waals surface area contributed by atoms with Gasteiger partial charge in [-0.1, -0.05) is 6.92 Å². The van der Waals surface area contributed by atoms with Crippen LogP contribution < -0.4 is 5.84 Å². The number of hydrogen-bond acceptors (Lipinski definition) is 2. The summed E-state index contributed by atoms with van der Waals surface area (Å²) >= 11 is 0. The highest BCUT2D eigenvalue weighted by molar-refractivity contribution is 5.47. The zero-order valence-corrected chi connectivity index (χ0v) is 5.88. The predicted octanol–water partition coefficient (Wildman–Crippen LogP) is 0.129. The van der Waals surface area contributed by atoms with E-state index < -0.39 is 0 Å². The van der Waals surface area contributed by atoms with Gasteiger partial charge in [0.05, 0.1) is 6.54 Å². The Morgan fingerprint density at radius 2 is 2.56 bits per heavy atom. The molecule has 1 heterocycles. The van der Waals surface area contributed by atoms with Crippen LogP contribution in [0.4, 0.5) is 0 Å². The van der Waals surface area contributed by atoms with E-state index in [4.69, 9.17) is 5.84 Å². The van der Waals surface area contributed by atoms with Crippen molar-refractivity contribution in [3.05, 3.63) is 0 Å². The van der Waals surface area contributed by atoms with Crippen LogP contribution in [0, 0.1) is 0 Å². The monoisotopic (exact) mass is 128 g/mol. The smallest absolute Gasteiger partial charge is 0.204 e. The third-order valence-corrected chi connectivity index (χ3v) is 1.60. The lowest BCUT2D eigenvalue weighted by Crippen LogP contribution is -2.52. The van der Waals surface area contributed by atoms with E-state index in [2.05, 4.69) is 11.9 Å². The SMILES string of the molecule is CCC[N+]1(N)C=NCC1. The number of rotatable bonds is 2. The van der Waals surface area contributed by atoms with Crippen molar-refractivity contribution in [1.29, 1.82) is 0 Å². The first-order chi connectivity index (χ1) is 4.27. The quantitative estimate of drug-likeness (QED) is 0.416. The maximum absolute atomic E-state index is 5.86. The summed E-state index contributed by atoms with van der Waals surface area (Å²) < 4.78 is 0.552. The third-order valence-electron chi connectivity index (χ3n) is 1.60. The van der Waals surface area contributed by atoms with Crippen LogP contribution in [0.25, 0.3) is 0 Å². The number of nitrogens with zero attached hydrogens (tertiary/aromatic N) is 2. The summed E-state index contributed by atoms with van der Waals surface area (Å²) in [7, 11) is 0. The molecule has 0 aliphatic carbocycles. The molecule has 1 aliphatic rings. The van der Waals surface area contributed by atoms with E-state index in [0.717, 1.165) is 26.1 Å². The Morgan fingerprint density at radius 1 is 1.78 bits per heavy atom. The lowest BCUT2D eigenvalue weighted by molar-refractivity contribution is -0.840. The van der Waals surface area contributed by atoms with Gasteiger partial charge in [-0.25, -0.2) is 9.58 Å². The highest BCUT2D eigenvalue weighted by Crippen LogP contribution is 2.01. The van der Waals surface area contributed by atoms with E-state index in [0.29, 0.717) is 4.59 Å². The highest BCUT2D eigenvalue weighted by atomic mass is 15.6. The molecule has 0 spiro atoms. The minimum atomic E-state index is 0.552. The van der Waals surface area contributed by atoms with Crippen LogP contribution in [-0.4, -0.2) is 30.6 Å². The van der Waals surface area contributed by atoms with Crippen molar-refractivity contribution in [1.82, 2.24) is 0 Å². The average Bonchev–Trinajstić information content (AvgIpc) is 2.16. The van der Waals surface area contributed by atoms with Crippen molar-refractivity contribution >= 4 is 6.34 Å². The average molecular weight is 128 g/mol. The van der Waals surface area contributed by atoms with E-state index >= 15 is 0 Å². The van der Waals surface area contributed by atoms with Gasteiger partial charge in [-0.05, 0) is 6.42 Å². The lowest BCUT2D eigenvalue weighted by Gasteiger charge is -2.21. The Morgan fingerprint density at radius 3 is 3.00 bits per heavy atom. The standard InChI is InChI=1S/C6H14N3/c1-2-4-9(7)5-3-8-6-9/h6H,2-5,7H2,1H3/q+1. The molecule has 0 aromatic rings. The molecular formula is C6H14N3+. The van der Waals surface area contributed by atoms with Crippen molar-refractivity contribution in [2.24, 2.45) is 10.8 Å². The summed E-state index contributed by atoms with van der Waals surface area (Å²) in [5.41, 5.74) is 0. The predicted molar refractivity (Wildman–Crippen MR) is 37.8 cm³/mol. The molecule has 1 atom stereocenters. The molecule has 3 nitrogen and oxygen atoms in total. The first-order valence-electron chi connectivity index (χ1n) is 3.43. The van der Waals surface area contributed by atoms with Crippen LogP contribution in [0.1, 0.15) is 13.3 Å². The van der Waals surface area contributed by atoms with Crippen molar-refractivity contribution < 1.29 is 4.59 Å². The maximum atomic E-state index is 5.86. The normalized spacial score (nSPS) is 33.6. The number of quaternary nitrogens is 1. The number of aliphatic imine (C=N–C) groups is 1. The Balaban J connectivity index is 2.42. The molecule has 0 bridgehead atoms. The van der Waals surface area contributed by atoms with Crippen LogP contribution in [0.3, 0.4) is 0 Å². The topological polar surface area (TPSA) is 38.4 Å². The van der Waals surface area contributed by atoms with Gasteiger partial charge in [-0.15, -0.1) is 0 Å². The van der Waals surface area contributed by atoms with E-state index in [1.54, 1.807) is 0 Å². The fourth-order valence-electron chi connectivity index (χ4n) is 1.11. The molecule has 0 aromatic carbocycles. The second-order valence-electron chi connectivity index (χ2n) is 2.57. The van der Waals surface area contributed by atoms with Gasteiger partial charge in [-0.2, -0.15) is 5.84 Å². The molecule has 1 unspecified atom stereocenters. The zero-order chi connectivity index (χ0) is 6.74. The van der Waals surface area contributed by atoms with Crippen molar-refractivity contribution in [2.45, 2.75) is 13.3 Å². The van der Waals surface area contributed by atoms with E-state index in [9.17, 15) is 0 Å². The Labute approximate surface area is 55.7 Å². The molecular weight excluding hydrogens is 114 g/mol. The van der Waals surface area contributed by atoms with Crippen LogP contribution >= 0.6 is 0 Å². The van der Waals surface area contributed by atoms with Gasteiger partial charge in [0.1, 0.15) is 13.1 Å². The highest BCUT2D eigenvalue weighted by Gasteiger charge is 2.22. The second-order valence-corrected chi connectivity index (χ2v) is 2.57. The molecule has 1 aliphatic heterocycles. The van der Waals surface area contributed by atoms with Crippen LogP contribution in [0.2, 0.25) is 0 Å². The van der Waals surface area contributed by atoms with Gasteiger partial charge in [0, 0.05) is 0 Å². The molecule has 2 N–H and O–H groups in total. The third kappa shape index (κ3) is 1.50. The second kappa shape index (κ2) is 2.45. The van der Waals surface area contributed by atoms with Gasteiger partial charge in [0.15, 0.2) is 0 Å². The van der Waals surface area contributed by atoms with E-state index in [-0.39, 0.29) is 0 Å². The molecule has 0 radical (unpaired) electrons. The summed E-state index contributed by atoms with van der Waals surface area (Å²) in [4.78, 5) is 4.08. The van der Waals surface area contributed by atoms with Crippen LogP contribution in [-0.2, 0) is 0 Å². The molecule has 0 amide bonds. The summed E-state index contributed by atoms with van der Waals surface area (Å²) in [5.74, 6) is 5.86. The van der Waals surface area contributed by atoms with E-state index in [1.165, 1.54) is 0 Å². The van der Waals surface area contributed by atoms with Gasteiger partial charge in [-0.3, -0.25) is 0 Å². The van der Waals surface area contributed by atoms with Gasteiger partial charge < -0.3 is 0 Å². The Bertz CT molecular complexity index is 121. The van der Waals surface area contributed by atoms with Crippen LogP contribution in [0.15, 0.2) is 4.99 Å². The molecule has 3 heteroatoms. The summed E-state index contributed by atoms with van der Waals surface area (Å²) in [6.45, 7) is 5.03. The fraction of sp³-hybridized carbons (Fsp3) is 0.833. The molecule has 9 heavy (non-hydrogen) atoms.